The molecule has 0 saturated carbocycles. The van der Waals surface area contributed by atoms with Crippen molar-refractivity contribution in [3.8, 4) is 0 Å². The third-order valence-corrected chi connectivity index (χ3v) is 1.55. The van der Waals surface area contributed by atoms with E-state index in [9.17, 15) is 0 Å². The summed E-state index contributed by atoms with van der Waals surface area (Å²) in [5.41, 5.74) is 17.6. The molecule has 1 rings (SSSR count). The Bertz CT molecular complexity index is 288. The Hall–Kier alpha value is -1.65. The van der Waals surface area contributed by atoms with Crippen LogP contribution in [0, 0.1) is 0 Å². The van der Waals surface area contributed by atoms with E-state index in [1.165, 1.54) is 6.20 Å². The average Bonchev–Trinajstić information content (AvgIpc) is 2.30. The molecule has 0 aliphatic carbocycles. The molecule has 1 aromatic heterocycles. The van der Waals surface area contributed by atoms with Gasteiger partial charge in [-0.1, -0.05) is 6.58 Å². The number of aryl methyl sites for hydroxylation is 1. The summed E-state index contributed by atoms with van der Waals surface area (Å²) in [5.74, 6) is 0.483. The second kappa shape index (κ2) is 3.17. The van der Waals surface area contributed by atoms with Gasteiger partial charge in [-0.15, -0.1) is 0 Å². The van der Waals surface area contributed by atoms with E-state index in [4.69, 9.17) is 17.2 Å². The van der Waals surface area contributed by atoms with Gasteiger partial charge < -0.3 is 17.2 Å². The number of aromatic nitrogens is 2. The lowest BCUT2D eigenvalue weighted by molar-refractivity contribution is 0.619. The van der Waals surface area contributed by atoms with Gasteiger partial charge in [-0.05, 0) is 0 Å². The van der Waals surface area contributed by atoms with E-state index in [-0.39, 0.29) is 0 Å². The highest BCUT2D eigenvalue weighted by atomic mass is 15.3. The molecule has 1 aromatic rings. The Balaban J connectivity index is 2.63. The highest BCUT2D eigenvalue weighted by Gasteiger charge is 2.02. The molecule has 0 aliphatic rings. The molecule has 0 saturated heterocycles. The molecular formula is C7H13N5. The lowest BCUT2D eigenvalue weighted by atomic mass is 10.3. The van der Waals surface area contributed by atoms with E-state index < -0.39 is 0 Å². The van der Waals surface area contributed by atoms with Crippen LogP contribution in [0.4, 0.5) is 11.5 Å². The Labute approximate surface area is 70.8 Å². The maximum absolute atomic E-state index is 5.59. The zero-order valence-corrected chi connectivity index (χ0v) is 6.83. The first-order valence-electron chi connectivity index (χ1n) is 3.61. The molecule has 5 nitrogen and oxygen atoms in total. The Kier molecular flexibility index (Phi) is 2.23. The summed E-state index contributed by atoms with van der Waals surface area (Å²) in [6, 6.07) is 0. The SMILES string of the molecule is C=C(N)CCn1ncc(N)c1N. The van der Waals surface area contributed by atoms with Gasteiger partial charge in [-0.25, -0.2) is 4.68 Å². The van der Waals surface area contributed by atoms with Gasteiger partial charge in [-0.3, -0.25) is 0 Å². The fourth-order valence-corrected chi connectivity index (χ4v) is 0.837. The topological polar surface area (TPSA) is 95.9 Å². The van der Waals surface area contributed by atoms with Gasteiger partial charge in [0.05, 0.1) is 11.9 Å². The summed E-state index contributed by atoms with van der Waals surface area (Å²) < 4.78 is 1.60. The summed E-state index contributed by atoms with van der Waals surface area (Å²) in [5, 5.41) is 3.96. The van der Waals surface area contributed by atoms with Crippen LogP contribution in [0.1, 0.15) is 6.42 Å². The average molecular weight is 167 g/mol. The zero-order valence-electron chi connectivity index (χ0n) is 6.83. The van der Waals surface area contributed by atoms with Crippen LogP contribution >= 0.6 is 0 Å². The fourth-order valence-electron chi connectivity index (χ4n) is 0.837. The van der Waals surface area contributed by atoms with E-state index >= 15 is 0 Å². The molecule has 6 N–H and O–H groups in total. The van der Waals surface area contributed by atoms with Gasteiger partial charge in [0.25, 0.3) is 0 Å². The molecule has 0 radical (unpaired) electrons. The predicted octanol–water partition coefficient (Wildman–Crippen LogP) is -0.0900. The molecule has 0 aromatic carbocycles. The highest BCUT2D eigenvalue weighted by molar-refractivity contribution is 5.56. The van der Waals surface area contributed by atoms with E-state index in [0.717, 1.165) is 0 Å². The number of nitrogen functional groups attached to an aromatic ring is 2. The zero-order chi connectivity index (χ0) is 9.14. The maximum atomic E-state index is 5.59. The van der Waals surface area contributed by atoms with Crippen LogP contribution in [-0.2, 0) is 6.54 Å². The minimum atomic E-state index is 0.483. The monoisotopic (exact) mass is 167 g/mol. The minimum Gasteiger partial charge on any atom is -0.402 e. The van der Waals surface area contributed by atoms with Crippen molar-refractivity contribution in [3.63, 3.8) is 0 Å². The van der Waals surface area contributed by atoms with Crippen molar-refractivity contribution in [2.45, 2.75) is 13.0 Å². The molecule has 0 spiro atoms. The first-order valence-corrected chi connectivity index (χ1v) is 3.61. The van der Waals surface area contributed by atoms with Crippen LogP contribution in [-0.4, -0.2) is 9.78 Å². The summed E-state index contributed by atoms with van der Waals surface area (Å²) in [6.45, 7) is 4.19. The van der Waals surface area contributed by atoms with Crippen molar-refractivity contribution in [1.29, 1.82) is 0 Å². The smallest absolute Gasteiger partial charge is 0.145 e. The van der Waals surface area contributed by atoms with Gasteiger partial charge in [0, 0.05) is 18.7 Å². The third-order valence-electron chi connectivity index (χ3n) is 1.55. The van der Waals surface area contributed by atoms with E-state index in [1.54, 1.807) is 4.68 Å². The molecule has 12 heavy (non-hydrogen) atoms. The summed E-state index contributed by atoms with van der Waals surface area (Å²) >= 11 is 0. The van der Waals surface area contributed by atoms with E-state index in [0.29, 0.717) is 30.2 Å². The van der Waals surface area contributed by atoms with Crippen molar-refractivity contribution in [1.82, 2.24) is 9.78 Å². The maximum Gasteiger partial charge on any atom is 0.145 e. The van der Waals surface area contributed by atoms with Crippen molar-refractivity contribution in [3.05, 3.63) is 18.5 Å². The number of hydrogen-bond donors (Lipinski definition) is 3. The number of rotatable bonds is 3. The van der Waals surface area contributed by atoms with Crippen LogP contribution in [0.2, 0.25) is 0 Å². The van der Waals surface area contributed by atoms with Crippen LogP contribution in [0.5, 0.6) is 0 Å². The van der Waals surface area contributed by atoms with Crippen LogP contribution < -0.4 is 17.2 Å². The fraction of sp³-hybridized carbons (Fsp3) is 0.286. The number of nitrogens with zero attached hydrogens (tertiary/aromatic N) is 2. The number of allylic oxidation sites excluding steroid dienone is 1. The summed E-state index contributed by atoms with van der Waals surface area (Å²) in [6.07, 6.45) is 2.18. The van der Waals surface area contributed by atoms with Gasteiger partial charge in [0.1, 0.15) is 5.82 Å². The largest absolute Gasteiger partial charge is 0.402 e. The van der Waals surface area contributed by atoms with Gasteiger partial charge >= 0.3 is 0 Å². The molecule has 0 bridgehead atoms. The minimum absolute atomic E-state index is 0.483. The standard InChI is InChI=1S/C7H13N5/c1-5(8)2-3-12-7(10)6(9)4-11-12/h4H,1-3,8-10H2. The molecular weight excluding hydrogens is 154 g/mol. The Morgan fingerprint density at radius 1 is 1.58 bits per heavy atom. The van der Waals surface area contributed by atoms with Gasteiger partial charge in [-0.2, -0.15) is 5.10 Å². The Morgan fingerprint density at radius 2 is 2.25 bits per heavy atom. The second-order valence-electron chi connectivity index (χ2n) is 2.62. The van der Waals surface area contributed by atoms with E-state index in [2.05, 4.69) is 11.7 Å². The number of anilines is 2. The first-order chi connectivity index (χ1) is 5.61. The summed E-state index contributed by atoms with van der Waals surface area (Å²) in [7, 11) is 0. The van der Waals surface area contributed by atoms with Crippen molar-refractivity contribution >= 4 is 11.5 Å². The second-order valence-corrected chi connectivity index (χ2v) is 2.62. The lowest BCUT2D eigenvalue weighted by Crippen LogP contribution is -2.08. The highest BCUT2D eigenvalue weighted by Crippen LogP contribution is 2.12. The van der Waals surface area contributed by atoms with E-state index in [1.807, 2.05) is 0 Å². The molecule has 0 atom stereocenters. The van der Waals surface area contributed by atoms with Crippen LogP contribution in [0.3, 0.4) is 0 Å². The van der Waals surface area contributed by atoms with Crippen molar-refractivity contribution in [2.24, 2.45) is 5.73 Å². The summed E-state index contributed by atoms with van der Waals surface area (Å²) in [4.78, 5) is 0. The van der Waals surface area contributed by atoms with Gasteiger partial charge in [0.15, 0.2) is 0 Å². The Morgan fingerprint density at radius 3 is 2.67 bits per heavy atom. The predicted molar refractivity (Wildman–Crippen MR) is 49.0 cm³/mol. The molecule has 0 amide bonds. The molecule has 5 heteroatoms. The van der Waals surface area contributed by atoms with Crippen LogP contribution in [0.25, 0.3) is 0 Å². The lowest BCUT2D eigenvalue weighted by Gasteiger charge is -2.02. The van der Waals surface area contributed by atoms with Crippen LogP contribution in [0.15, 0.2) is 18.5 Å². The molecule has 66 valence electrons. The molecule has 0 unspecified atom stereocenters. The molecule has 0 aliphatic heterocycles. The van der Waals surface area contributed by atoms with Crippen molar-refractivity contribution < 1.29 is 0 Å². The first kappa shape index (κ1) is 8.45. The normalized spacial score (nSPS) is 10.0. The number of nitrogens with two attached hydrogens (primary N) is 3. The molecule has 0 fully saturated rings. The number of hydrogen-bond acceptors (Lipinski definition) is 4. The van der Waals surface area contributed by atoms with Crippen molar-refractivity contribution in [2.75, 3.05) is 11.5 Å². The quantitative estimate of drug-likeness (QED) is 0.586. The molecule has 1 heterocycles. The third kappa shape index (κ3) is 1.69. The van der Waals surface area contributed by atoms with Gasteiger partial charge in [0.2, 0.25) is 0 Å².